The van der Waals surface area contributed by atoms with Gasteiger partial charge in [0, 0.05) is 12.1 Å². The van der Waals surface area contributed by atoms with Gasteiger partial charge in [-0.1, -0.05) is 38.8 Å². The third kappa shape index (κ3) is 3.50. The summed E-state index contributed by atoms with van der Waals surface area (Å²) in [4.78, 5) is 0. The van der Waals surface area contributed by atoms with Gasteiger partial charge in [-0.25, -0.2) is 0 Å². The van der Waals surface area contributed by atoms with Gasteiger partial charge in [0.1, 0.15) is 5.75 Å². The summed E-state index contributed by atoms with van der Waals surface area (Å²) in [5, 5.41) is 3.81. The Bertz CT molecular complexity index is 387. The van der Waals surface area contributed by atoms with Crippen LogP contribution in [0.25, 0.3) is 0 Å². The molecule has 1 saturated carbocycles. The lowest BCUT2D eigenvalue weighted by Gasteiger charge is -2.36. The zero-order chi connectivity index (χ0) is 13.8. The lowest BCUT2D eigenvalue weighted by atomic mass is 9.77. The van der Waals surface area contributed by atoms with E-state index in [0.717, 1.165) is 17.6 Å². The molecule has 0 aliphatic heterocycles. The Balaban J connectivity index is 1.97. The molecule has 2 nitrogen and oxygen atoms in total. The number of hydrogen-bond donors (Lipinski definition) is 1. The molecule has 1 N–H and O–H groups in total. The van der Waals surface area contributed by atoms with Crippen molar-refractivity contribution in [1.29, 1.82) is 0 Å². The zero-order valence-electron chi connectivity index (χ0n) is 12.6. The average molecular weight is 261 g/mol. The summed E-state index contributed by atoms with van der Waals surface area (Å²) in [7, 11) is 1.71. The summed E-state index contributed by atoms with van der Waals surface area (Å²) in [5.41, 5.74) is 1.34. The smallest absolute Gasteiger partial charge is 0.118 e. The molecule has 1 aliphatic rings. The van der Waals surface area contributed by atoms with Crippen LogP contribution < -0.4 is 10.1 Å². The molecular formula is C17H27NO. The van der Waals surface area contributed by atoms with E-state index in [-0.39, 0.29) is 0 Å². The molecule has 1 aliphatic carbocycles. The second-order valence-electron chi connectivity index (χ2n) is 6.04. The molecule has 106 valence electrons. The second-order valence-corrected chi connectivity index (χ2v) is 6.04. The Morgan fingerprint density at radius 2 is 1.84 bits per heavy atom. The first kappa shape index (κ1) is 14.4. The van der Waals surface area contributed by atoms with Crippen molar-refractivity contribution in [2.24, 2.45) is 11.8 Å². The van der Waals surface area contributed by atoms with E-state index in [1.54, 1.807) is 7.11 Å². The fraction of sp³-hybridized carbons (Fsp3) is 0.647. The van der Waals surface area contributed by atoms with Crippen molar-refractivity contribution in [1.82, 2.24) is 5.32 Å². The number of benzene rings is 1. The summed E-state index contributed by atoms with van der Waals surface area (Å²) in [6.45, 7) is 7.03. The molecule has 1 aromatic rings. The zero-order valence-corrected chi connectivity index (χ0v) is 12.6. The van der Waals surface area contributed by atoms with Crippen LogP contribution >= 0.6 is 0 Å². The molecule has 4 atom stereocenters. The minimum Gasteiger partial charge on any atom is -0.497 e. The van der Waals surface area contributed by atoms with Crippen molar-refractivity contribution in [2.45, 2.75) is 52.1 Å². The number of hydrogen-bond acceptors (Lipinski definition) is 2. The van der Waals surface area contributed by atoms with Crippen LogP contribution in [0.15, 0.2) is 24.3 Å². The van der Waals surface area contributed by atoms with E-state index >= 15 is 0 Å². The van der Waals surface area contributed by atoms with Gasteiger partial charge in [-0.15, -0.1) is 0 Å². The average Bonchev–Trinajstić information content (AvgIpc) is 2.44. The standard InChI is InChI=1S/C17H27NO/c1-12-6-5-7-17(13(12)2)18-14(3)15-8-10-16(19-4)11-9-15/h8-14,17-18H,5-7H2,1-4H3/t12?,13?,14-,17?/m0/s1. The molecule has 0 radical (unpaired) electrons. The largest absolute Gasteiger partial charge is 0.497 e. The van der Waals surface area contributed by atoms with Crippen molar-refractivity contribution < 1.29 is 4.74 Å². The minimum absolute atomic E-state index is 0.406. The van der Waals surface area contributed by atoms with Crippen molar-refractivity contribution in [2.75, 3.05) is 7.11 Å². The van der Waals surface area contributed by atoms with E-state index in [9.17, 15) is 0 Å². The number of nitrogens with one attached hydrogen (secondary N) is 1. The second kappa shape index (κ2) is 6.42. The first-order valence-corrected chi connectivity index (χ1v) is 7.51. The molecule has 1 fully saturated rings. The molecule has 0 spiro atoms. The third-order valence-electron chi connectivity index (χ3n) is 4.79. The summed E-state index contributed by atoms with van der Waals surface area (Å²) >= 11 is 0. The maximum Gasteiger partial charge on any atom is 0.118 e. The van der Waals surface area contributed by atoms with Crippen molar-refractivity contribution in [3.63, 3.8) is 0 Å². The van der Waals surface area contributed by atoms with Crippen LogP contribution in [-0.4, -0.2) is 13.2 Å². The van der Waals surface area contributed by atoms with E-state index < -0.39 is 0 Å². The summed E-state index contributed by atoms with van der Waals surface area (Å²) < 4.78 is 5.21. The third-order valence-corrected chi connectivity index (χ3v) is 4.79. The highest BCUT2D eigenvalue weighted by atomic mass is 16.5. The van der Waals surface area contributed by atoms with Crippen LogP contribution in [0.2, 0.25) is 0 Å². The predicted octanol–water partition coefficient (Wildman–Crippen LogP) is 4.17. The molecule has 0 amide bonds. The van der Waals surface area contributed by atoms with Crippen molar-refractivity contribution in [3.8, 4) is 5.75 Å². The van der Waals surface area contributed by atoms with Gasteiger partial charge < -0.3 is 10.1 Å². The van der Waals surface area contributed by atoms with Crippen molar-refractivity contribution in [3.05, 3.63) is 29.8 Å². The van der Waals surface area contributed by atoms with Crippen LogP contribution in [0.1, 0.15) is 51.6 Å². The molecule has 1 aromatic carbocycles. The van der Waals surface area contributed by atoms with Crippen LogP contribution in [-0.2, 0) is 0 Å². The number of methoxy groups -OCH3 is 1. The van der Waals surface area contributed by atoms with Crippen molar-refractivity contribution >= 4 is 0 Å². The molecule has 19 heavy (non-hydrogen) atoms. The van der Waals surface area contributed by atoms with Gasteiger partial charge in [0.25, 0.3) is 0 Å². The van der Waals surface area contributed by atoms with Gasteiger partial charge >= 0.3 is 0 Å². The molecule has 2 rings (SSSR count). The molecular weight excluding hydrogens is 234 g/mol. The predicted molar refractivity (Wildman–Crippen MR) is 80.5 cm³/mol. The van der Waals surface area contributed by atoms with Gasteiger partial charge in [0.15, 0.2) is 0 Å². The monoisotopic (exact) mass is 261 g/mol. The SMILES string of the molecule is COc1ccc([C@H](C)NC2CCCC(C)C2C)cc1. The normalized spacial score (nSPS) is 28.9. The van der Waals surface area contributed by atoms with E-state index in [1.165, 1.54) is 24.8 Å². The highest BCUT2D eigenvalue weighted by molar-refractivity contribution is 5.28. The van der Waals surface area contributed by atoms with Crippen LogP contribution in [0.3, 0.4) is 0 Å². The first-order chi connectivity index (χ1) is 9.11. The highest BCUT2D eigenvalue weighted by Crippen LogP contribution is 2.31. The Hall–Kier alpha value is -1.02. The Morgan fingerprint density at radius 1 is 1.16 bits per heavy atom. The molecule has 0 saturated heterocycles. The molecule has 2 heteroatoms. The summed E-state index contributed by atoms with van der Waals surface area (Å²) in [5.74, 6) is 2.54. The lowest BCUT2D eigenvalue weighted by Crippen LogP contribution is -2.41. The first-order valence-electron chi connectivity index (χ1n) is 7.51. The molecule has 3 unspecified atom stereocenters. The van der Waals surface area contributed by atoms with Crippen LogP contribution in [0, 0.1) is 11.8 Å². The summed E-state index contributed by atoms with van der Waals surface area (Å²) in [6.07, 6.45) is 4.06. The fourth-order valence-electron chi connectivity index (χ4n) is 3.13. The Kier molecular flexibility index (Phi) is 4.87. The van der Waals surface area contributed by atoms with E-state index in [2.05, 4.69) is 38.2 Å². The van der Waals surface area contributed by atoms with E-state index in [4.69, 9.17) is 4.74 Å². The van der Waals surface area contributed by atoms with E-state index in [1.807, 2.05) is 12.1 Å². The maximum absolute atomic E-state index is 5.21. The summed E-state index contributed by atoms with van der Waals surface area (Å²) in [6, 6.07) is 9.46. The van der Waals surface area contributed by atoms with Gasteiger partial charge in [0.05, 0.1) is 7.11 Å². The van der Waals surface area contributed by atoms with E-state index in [0.29, 0.717) is 12.1 Å². The number of rotatable bonds is 4. The van der Waals surface area contributed by atoms with Gasteiger partial charge in [-0.05, 0) is 42.9 Å². The Morgan fingerprint density at radius 3 is 2.47 bits per heavy atom. The molecule has 0 bridgehead atoms. The fourth-order valence-corrected chi connectivity index (χ4v) is 3.13. The molecule has 0 heterocycles. The topological polar surface area (TPSA) is 21.3 Å². The van der Waals surface area contributed by atoms with Crippen LogP contribution in [0.5, 0.6) is 5.75 Å². The van der Waals surface area contributed by atoms with Gasteiger partial charge in [0.2, 0.25) is 0 Å². The Labute approximate surface area is 117 Å². The number of ether oxygens (including phenoxy) is 1. The highest BCUT2D eigenvalue weighted by Gasteiger charge is 2.27. The van der Waals surface area contributed by atoms with Gasteiger partial charge in [-0.2, -0.15) is 0 Å². The maximum atomic E-state index is 5.21. The van der Waals surface area contributed by atoms with Crippen LogP contribution in [0.4, 0.5) is 0 Å². The minimum atomic E-state index is 0.406. The van der Waals surface area contributed by atoms with Gasteiger partial charge in [-0.3, -0.25) is 0 Å². The lowest BCUT2D eigenvalue weighted by molar-refractivity contribution is 0.196. The molecule has 0 aromatic heterocycles. The quantitative estimate of drug-likeness (QED) is 0.878.